The van der Waals surface area contributed by atoms with Gasteiger partial charge in [0.05, 0.1) is 3.92 Å². The highest BCUT2D eigenvalue weighted by Crippen LogP contribution is 2.17. The number of alkyl halides is 1. The molecule has 1 atom stereocenters. The molecule has 0 radical (unpaired) electrons. The van der Waals surface area contributed by atoms with E-state index in [-0.39, 0.29) is 0 Å². The van der Waals surface area contributed by atoms with Gasteiger partial charge >= 0.3 is 0 Å². The molecule has 0 bridgehead atoms. The Labute approximate surface area is 72.3 Å². The monoisotopic (exact) mass is 256 g/mol. The maximum Gasteiger partial charge on any atom is 0.127 e. The fourth-order valence-electron chi connectivity index (χ4n) is 0.560. The fourth-order valence-corrected chi connectivity index (χ4v) is 1.14. The summed E-state index contributed by atoms with van der Waals surface area (Å²) in [6.07, 6.45) is 2.77. The molecule has 2 nitrogen and oxygen atoms in total. The third kappa shape index (κ3) is 1.82. The Balaban J connectivity index is 2.74. The minimum Gasteiger partial charge on any atom is -0.386 e. The molecular weight excluding hydrogens is 250 g/mol. The van der Waals surface area contributed by atoms with Gasteiger partial charge in [-0.25, -0.2) is 4.99 Å². The fraction of sp³-hybridized carbons (Fsp3) is 0.400. The number of hydrogen-bond donors (Lipinski definition) is 1. The summed E-state index contributed by atoms with van der Waals surface area (Å²) in [6, 6.07) is 0. The number of hydrogen-bond acceptors (Lipinski definition) is 2. The van der Waals surface area contributed by atoms with Gasteiger partial charge in [-0.2, -0.15) is 0 Å². The molecule has 9 heavy (non-hydrogen) atoms. The first-order chi connectivity index (χ1) is 4.20. The summed E-state index contributed by atoms with van der Waals surface area (Å²) in [5.74, 6) is 0.628. The average Bonchev–Trinajstić information content (AvgIpc) is 1.80. The molecule has 0 saturated heterocycles. The molecule has 4 heteroatoms. The third-order valence-corrected chi connectivity index (χ3v) is 2.44. The van der Waals surface area contributed by atoms with E-state index in [0.29, 0.717) is 14.9 Å². The second-order valence-corrected chi connectivity index (χ2v) is 3.66. The first-order valence-electron chi connectivity index (χ1n) is 2.54. The summed E-state index contributed by atoms with van der Waals surface area (Å²) in [7, 11) is 0. The second-order valence-electron chi connectivity index (χ2n) is 1.77. The van der Waals surface area contributed by atoms with Gasteiger partial charge in [-0.1, -0.05) is 34.2 Å². The van der Waals surface area contributed by atoms with Crippen molar-refractivity contribution in [3.05, 3.63) is 11.2 Å². The number of allylic oxidation sites excluding steroid dienone is 1. The molecular formula is C5H6ClIN2. The highest BCUT2D eigenvalue weighted by atomic mass is 127. The van der Waals surface area contributed by atoms with Gasteiger partial charge in [-0.05, 0) is 12.5 Å². The van der Waals surface area contributed by atoms with Crippen molar-refractivity contribution in [2.75, 3.05) is 0 Å². The lowest BCUT2D eigenvalue weighted by molar-refractivity contribution is 1.08. The number of nitrogens with two attached hydrogens (primary N) is 1. The van der Waals surface area contributed by atoms with Gasteiger partial charge in [0.1, 0.15) is 11.0 Å². The van der Waals surface area contributed by atoms with Crippen LogP contribution in [-0.4, -0.2) is 9.76 Å². The van der Waals surface area contributed by atoms with Gasteiger partial charge in [0.25, 0.3) is 0 Å². The minimum atomic E-state index is 0.324. The van der Waals surface area contributed by atoms with E-state index in [1.165, 1.54) is 0 Å². The van der Waals surface area contributed by atoms with Gasteiger partial charge < -0.3 is 5.73 Å². The van der Waals surface area contributed by atoms with Crippen LogP contribution in [0, 0.1) is 0 Å². The number of aliphatic imine (C=N–C) groups is 1. The second kappa shape index (κ2) is 2.88. The van der Waals surface area contributed by atoms with Crippen LogP contribution in [0.15, 0.2) is 16.2 Å². The quantitative estimate of drug-likeness (QED) is 0.399. The highest BCUT2D eigenvalue weighted by Gasteiger charge is 2.11. The molecule has 2 N–H and O–H groups in total. The number of amidine groups is 1. The molecule has 0 aromatic heterocycles. The van der Waals surface area contributed by atoms with Crippen molar-refractivity contribution in [1.29, 1.82) is 0 Å². The van der Waals surface area contributed by atoms with Crippen molar-refractivity contribution in [1.82, 2.24) is 0 Å². The van der Waals surface area contributed by atoms with E-state index in [1.807, 2.05) is 6.08 Å². The molecule has 50 valence electrons. The first kappa shape index (κ1) is 7.34. The van der Waals surface area contributed by atoms with Crippen molar-refractivity contribution in [3.8, 4) is 0 Å². The summed E-state index contributed by atoms with van der Waals surface area (Å²) in [5.41, 5.74) is 5.49. The van der Waals surface area contributed by atoms with Crippen LogP contribution >= 0.6 is 34.2 Å². The molecule has 0 saturated carbocycles. The maximum absolute atomic E-state index is 5.57. The molecule has 1 aliphatic heterocycles. The maximum atomic E-state index is 5.57. The Kier molecular flexibility index (Phi) is 2.35. The van der Waals surface area contributed by atoms with Crippen LogP contribution in [0.2, 0.25) is 0 Å². The van der Waals surface area contributed by atoms with Crippen molar-refractivity contribution < 1.29 is 0 Å². The van der Waals surface area contributed by atoms with Crippen LogP contribution in [-0.2, 0) is 0 Å². The number of rotatable bonds is 0. The molecule has 0 aliphatic carbocycles. The first-order valence-corrected chi connectivity index (χ1v) is 4.16. The van der Waals surface area contributed by atoms with Crippen LogP contribution in [0.3, 0.4) is 0 Å². The van der Waals surface area contributed by atoms with E-state index in [4.69, 9.17) is 17.3 Å². The van der Waals surface area contributed by atoms with Crippen LogP contribution in [0.4, 0.5) is 0 Å². The Hall–Kier alpha value is 0.230. The summed E-state index contributed by atoms with van der Waals surface area (Å²) >= 11 is 7.80. The normalized spacial score (nSPS) is 27.1. The zero-order valence-electron chi connectivity index (χ0n) is 4.64. The van der Waals surface area contributed by atoms with Crippen LogP contribution in [0.5, 0.6) is 0 Å². The van der Waals surface area contributed by atoms with Crippen molar-refractivity contribution in [3.63, 3.8) is 0 Å². The van der Waals surface area contributed by atoms with E-state index in [9.17, 15) is 0 Å². The Morgan fingerprint density at radius 3 is 3.00 bits per heavy atom. The zero-order chi connectivity index (χ0) is 6.85. The van der Waals surface area contributed by atoms with E-state index < -0.39 is 0 Å². The molecule has 0 aromatic rings. The molecule has 1 rings (SSSR count). The van der Waals surface area contributed by atoms with E-state index in [1.54, 1.807) is 0 Å². The Morgan fingerprint density at radius 1 is 1.89 bits per heavy atom. The predicted molar refractivity (Wildman–Crippen MR) is 48.0 cm³/mol. The predicted octanol–water partition coefficient (Wildman–Crippen LogP) is 1.63. The SMILES string of the molecule is NC1=NC(Cl)=CCC1I. The van der Waals surface area contributed by atoms with Gasteiger partial charge in [0.2, 0.25) is 0 Å². The summed E-state index contributed by atoms with van der Waals surface area (Å²) in [5, 5.41) is 0.514. The zero-order valence-corrected chi connectivity index (χ0v) is 7.56. The topological polar surface area (TPSA) is 38.4 Å². The third-order valence-electron chi connectivity index (χ3n) is 1.05. The Morgan fingerprint density at radius 2 is 2.56 bits per heavy atom. The number of halogens is 2. The van der Waals surface area contributed by atoms with Crippen LogP contribution in [0.25, 0.3) is 0 Å². The average molecular weight is 256 g/mol. The molecule has 0 spiro atoms. The van der Waals surface area contributed by atoms with E-state index in [0.717, 1.165) is 6.42 Å². The minimum absolute atomic E-state index is 0.324. The lowest BCUT2D eigenvalue weighted by Crippen LogP contribution is -2.25. The van der Waals surface area contributed by atoms with Gasteiger partial charge in [-0.15, -0.1) is 0 Å². The van der Waals surface area contributed by atoms with Gasteiger partial charge in [0.15, 0.2) is 0 Å². The number of nitrogens with zero attached hydrogens (tertiary/aromatic N) is 1. The Bertz CT molecular complexity index is 176. The van der Waals surface area contributed by atoms with Crippen molar-refractivity contribution in [2.45, 2.75) is 10.3 Å². The van der Waals surface area contributed by atoms with Gasteiger partial charge in [-0.3, -0.25) is 0 Å². The standard InChI is InChI=1S/C5H6ClIN2/c6-4-2-1-3(7)5(8)9-4/h2-3H,1H2,(H2,8,9). The molecule has 0 aromatic carbocycles. The molecule has 1 heterocycles. The van der Waals surface area contributed by atoms with E-state index in [2.05, 4.69) is 27.6 Å². The highest BCUT2D eigenvalue weighted by molar-refractivity contribution is 14.1. The lowest BCUT2D eigenvalue weighted by Gasteiger charge is -2.10. The van der Waals surface area contributed by atoms with Crippen molar-refractivity contribution in [2.24, 2.45) is 10.7 Å². The summed E-state index contributed by atoms with van der Waals surface area (Å²) in [4.78, 5) is 3.88. The molecule has 1 aliphatic rings. The molecule has 0 fully saturated rings. The molecule has 0 amide bonds. The van der Waals surface area contributed by atoms with Crippen LogP contribution in [0.1, 0.15) is 6.42 Å². The lowest BCUT2D eigenvalue weighted by atomic mass is 10.2. The molecule has 1 unspecified atom stereocenters. The van der Waals surface area contributed by atoms with Crippen LogP contribution < -0.4 is 5.73 Å². The summed E-state index contributed by atoms with van der Waals surface area (Å²) < 4.78 is 0.324. The van der Waals surface area contributed by atoms with Gasteiger partial charge in [0, 0.05) is 0 Å². The van der Waals surface area contributed by atoms with Crippen molar-refractivity contribution >= 4 is 40.0 Å². The summed E-state index contributed by atoms with van der Waals surface area (Å²) in [6.45, 7) is 0. The van der Waals surface area contributed by atoms with E-state index >= 15 is 0 Å². The smallest absolute Gasteiger partial charge is 0.127 e. The largest absolute Gasteiger partial charge is 0.386 e.